The fourth-order valence-electron chi connectivity index (χ4n) is 3.10. The first kappa shape index (κ1) is 13.4. The molecule has 3 nitrogen and oxygen atoms in total. The molecule has 1 aromatic heterocycles. The molecule has 0 bridgehead atoms. The average Bonchev–Trinajstić information content (AvgIpc) is 2.48. The van der Waals surface area contributed by atoms with E-state index in [4.69, 9.17) is 0 Å². The Bertz CT molecular complexity index is 565. The van der Waals surface area contributed by atoms with E-state index in [1.165, 1.54) is 55.4 Å². The third kappa shape index (κ3) is 3.10. The smallest absolute Gasteiger partial charge is 0.0388 e. The molecule has 0 amide bonds. The van der Waals surface area contributed by atoms with E-state index >= 15 is 0 Å². The van der Waals surface area contributed by atoms with E-state index in [0.29, 0.717) is 6.04 Å². The molecule has 0 saturated carbocycles. The van der Waals surface area contributed by atoms with Gasteiger partial charge in [0.05, 0.1) is 0 Å². The molecule has 0 aliphatic carbocycles. The van der Waals surface area contributed by atoms with Crippen LogP contribution in [0.1, 0.15) is 26.2 Å². The van der Waals surface area contributed by atoms with Gasteiger partial charge >= 0.3 is 0 Å². The monoisotopic (exact) mass is 269 g/mol. The van der Waals surface area contributed by atoms with Crippen LogP contribution in [-0.2, 0) is 0 Å². The number of likely N-dealkylation sites (tertiary alicyclic amines) is 1. The fourth-order valence-corrected chi connectivity index (χ4v) is 3.10. The number of piperidine rings is 1. The Labute approximate surface area is 121 Å². The van der Waals surface area contributed by atoms with Gasteiger partial charge < -0.3 is 10.2 Å². The minimum absolute atomic E-state index is 0.578. The maximum Gasteiger partial charge on any atom is 0.0388 e. The Kier molecular flexibility index (Phi) is 4.16. The van der Waals surface area contributed by atoms with Gasteiger partial charge in [0.15, 0.2) is 0 Å². The number of rotatable bonds is 4. The van der Waals surface area contributed by atoms with Gasteiger partial charge in [0, 0.05) is 36.1 Å². The number of nitrogens with one attached hydrogen (secondary N) is 1. The van der Waals surface area contributed by atoms with Crippen LogP contribution >= 0.6 is 0 Å². The third-order valence-corrected chi connectivity index (χ3v) is 4.06. The van der Waals surface area contributed by atoms with Gasteiger partial charge in [-0.15, -0.1) is 0 Å². The van der Waals surface area contributed by atoms with Gasteiger partial charge in [-0.3, -0.25) is 4.98 Å². The number of pyridine rings is 1. The van der Waals surface area contributed by atoms with Crippen LogP contribution < -0.4 is 5.32 Å². The van der Waals surface area contributed by atoms with Gasteiger partial charge in [0.2, 0.25) is 0 Å². The standard InChI is InChI=1S/C17H23N3/c1-2-9-20-10-3-4-17(13-20)19-16-6-5-15-12-18-8-7-14(15)11-16/h5-8,11-12,17,19H,2-4,9-10,13H2,1H3/t17-/m1/s1. The first-order chi connectivity index (χ1) is 9.85. The van der Waals surface area contributed by atoms with Crippen LogP contribution in [0.5, 0.6) is 0 Å². The van der Waals surface area contributed by atoms with E-state index < -0.39 is 0 Å². The van der Waals surface area contributed by atoms with Crippen molar-refractivity contribution < 1.29 is 0 Å². The molecule has 1 aliphatic rings. The third-order valence-electron chi connectivity index (χ3n) is 4.06. The number of anilines is 1. The Balaban J connectivity index is 1.69. The number of benzene rings is 1. The van der Waals surface area contributed by atoms with Crippen LogP contribution in [0.4, 0.5) is 5.69 Å². The molecule has 1 saturated heterocycles. The topological polar surface area (TPSA) is 28.2 Å². The summed E-state index contributed by atoms with van der Waals surface area (Å²) < 4.78 is 0. The number of aromatic nitrogens is 1. The molecule has 0 unspecified atom stereocenters. The van der Waals surface area contributed by atoms with E-state index in [1.807, 2.05) is 12.4 Å². The summed E-state index contributed by atoms with van der Waals surface area (Å²) in [5.41, 5.74) is 1.23. The number of hydrogen-bond acceptors (Lipinski definition) is 3. The average molecular weight is 269 g/mol. The van der Waals surface area contributed by atoms with Crippen LogP contribution in [0.3, 0.4) is 0 Å². The first-order valence-corrected chi connectivity index (χ1v) is 7.68. The first-order valence-electron chi connectivity index (χ1n) is 7.68. The Morgan fingerprint density at radius 3 is 3.15 bits per heavy atom. The van der Waals surface area contributed by atoms with E-state index in [-0.39, 0.29) is 0 Å². The van der Waals surface area contributed by atoms with E-state index in [2.05, 4.69) is 46.4 Å². The summed E-state index contributed by atoms with van der Waals surface area (Å²) in [4.78, 5) is 6.74. The second kappa shape index (κ2) is 6.23. The van der Waals surface area contributed by atoms with E-state index in [1.54, 1.807) is 0 Å². The number of nitrogens with zero attached hydrogens (tertiary/aromatic N) is 2. The van der Waals surface area contributed by atoms with Crippen molar-refractivity contribution in [1.29, 1.82) is 0 Å². The van der Waals surface area contributed by atoms with Crippen molar-refractivity contribution in [1.82, 2.24) is 9.88 Å². The minimum Gasteiger partial charge on any atom is -0.381 e. The molecule has 1 N–H and O–H groups in total. The van der Waals surface area contributed by atoms with Crippen molar-refractivity contribution in [3.63, 3.8) is 0 Å². The lowest BCUT2D eigenvalue weighted by molar-refractivity contribution is 0.217. The molecular weight excluding hydrogens is 246 g/mol. The van der Waals surface area contributed by atoms with Gasteiger partial charge in [-0.25, -0.2) is 0 Å². The van der Waals surface area contributed by atoms with E-state index in [0.717, 1.165) is 0 Å². The van der Waals surface area contributed by atoms with E-state index in [9.17, 15) is 0 Å². The maximum atomic E-state index is 4.16. The van der Waals surface area contributed by atoms with Gasteiger partial charge in [0.25, 0.3) is 0 Å². The molecule has 1 fully saturated rings. The summed E-state index contributed by atoms with van der Waals surface area (Å²) in [7, 11) is 0. The van der Waals surface area contributed by atoms with Gasteiger partial charge in [0.1, 0.15) is 0 Å². The van der Waals surface area contributed by atoms with Crippen molar-refractivity contribution >= 4 is 16.5 Å². The van der Waals surface area contributed by atoms with Crippen LogP contribution in [0.25, 0.3) is 10.8 Å². The summed E-state index contributed by atoms with van der Waals surface area (Å²) in [6.45, 7) is 5.91. The van der Waals surface area contributed by atoms with Crippen molar-refractivity contribution in [2.45, 2.75) is 32.2 Å². The minimum atomic E-state index is 0.578. The van der Waals surface area contributed by atoms with Crippen molar-refractivity contribution in [2.24, 2.45) is 0 Å². The summed E-state index contributed by atoms with van der Waals surface area (Å²) in [5, 5.41) is 6.16. The molecule has 20 heavy (non-hydrogen) atoms. The summed E-state index contributed by atoms with van der Waals surface area (Å²) in [6.07, 6.45) is 7.60. The molecule has 0 spiro atoms. The Morgan fingerprint density at radius 2 is 2.25 bits per heavy atom. The van der Waals surface area contributed by atoms with Gasteiger partial charge in [-0.1, -0.05) is 13.0 Å². The molecule has 0 radical (unpaired) electrons. The molecule has 106 valence electrons. The molecule has 2 aromatic rings. The highest BCUT2D eigenvalue weighted by atomic mass is 15.2. The van der Waals surface area contributed by atoms with Crippen LogP contribution in [0.2, 0.25) is 0 Å². The highest BCUT2D eigenvalue weighted by Gasteiger charge is 2.18. The lowest BCUT2D eigenvalue weighted by Crippen LogP contribution is -2.42. The fraction of sp³-hybridized carbons (Fsp3) is 0.471. The molecule has 1 atom stereocenters. The van der Waals surface area contributed by atoms with Crippen LogP contribution in [0.15, 0.2) is 36.7 Å². The maximum absolute atomic E-state index is 4.16. The summed E-state index contributed by atoms with van der Waals surface area (Å²) in [5.74, 6) is 0. The van der Waals surface area contributed by atoms with Gasteiger partial charge in [-0.05, 0) is 55.9 Å². The predicted molar refractivity (Wildman–Crippen MR) is 85.1 cm³/mol. The predicted octanol–water partition coefficient (Wildman–Crippen LogP) is 3.52. The zero-order valence-corrected chi connectivity index (χ0v) is 12.2. The van der Waals surface area contributed by atoms with Crippen molar-refractivity contribution in [3.05, 3.63) is 36.7 Å². The van der Waals surface area contributed by atoms with Crippen LogP contribution in [-0.4, -0.2) is 35.6 Å². The largest absolute Gasteiger partial charge is 0.381 e. The number of hydrogen-bond donors (Lipinski definition) is 1. The quantitative estimate of drug-likeness (QED) is 0.920. The molecule has 1 aromatic carbocycles. The molecule has 1 aliphatic heterocycles. The van der Waals surface area contributed by atoms with Crippen LogP contribution in [0, 0.1) is 0 Å². The van der Waals surface area contributed by atoms with Crippen molar-refractivity contribution in [3.8, 4) is 0 Å². The highest BCUT2D eigenvalue weighted by Crippen LogP contribution is 2.21. The lowest BCUT2D eigenvalue weighted by atomic mass is 10.0. The lowest BCUT2D eigenvalue weighted by Gasteiger charge is -2.33. The van der Waals surface area contributed by atoms with Crippen molar-refractivity contribution in [2.75, 3.05) is 25.0 Å². The highest BCUT2D eigenvalue weighted by molar-refractivity contribution is 5.84. The van der Waals surface area contributed by atoms with Gasteiger partial charge in [-0.2, -0.15) is 0 Å². The summed E-state index contributed by atoms with van der Waals surface area (Å²) in [6, 6.07) is 9.20. The second-order valence-electron chi connectivity index (χ2n) is 5.72. The molecule has 3 rings (SSSR count). The zero-order valence-electron chi connectivity index (χ0n) is 12.2. The zero-order chi connectivity index (χ0) is 13.8. The Morgan fingerprint density at radius 1 is 1.30 bits per heavy atom. The number of fused-ring (bicyclic) bond motifs is 1. The molecule has 2 heterocycles. The molecular formula is C17H23N3. The normalized spacial score (nSPS) is 20.1. The summed E-state index contributed by atoms with van der Waals surface area (Å²) >= 11 is 0. The molecule has 3 heteroatoms. The Hall–Kier alpha value is -1.61. The second-order valence-corrected chi connectivity index (χ2v) is 5.72. The SMILES string of the molecule is CCCN1CCC[C@@H](Nc2ccc3cnccc3c2)C1.